The maximum absolute atomic E-state index is 7.40. The summed E-state index contributed by atoms with van der Waals surface area (Å²) in [5, 5.41) is 3.75. The second-order valence-electron chi connectivity index (χ2n) is 11.3. The molecule has 0 bridgehead atoms. The summed E-state index contributed by atoms with van der Waals surface area (Å²) >= 11 is 3.65. The monoisotopic (exact) mass is 610 g/mol. The van der Waals surface area contributed by atoms with Crippen LogP contribution >= 0.6 is 15.9 Å². The van der Waals surface area contributed by atoms with Crippen LogP contribution in [-0.2, 0) is 15.1 Å². The maximum atomic E-state index is 7.40. The number of ether oxygens (including phenoxy) is 2. The molecule has 0 unspecified atom stereocenters. The van der Waals surface area contributed by atoms with E-state index in [-0.39, 0.29) is 17.5 Å². The molecule has 4 nitrogen and oxygen atoms in total. The molecule has 4 aromatic carbocycles. The third-order valence-electron chi connectivity index (χ3n) is 9.00. The zero-order valence-corrected chi connectivity index (χ0v) is 25.3. The Labute approximate surface area is 252 Å². The zero-order chi connectivity index (χ0) is 28.1. The van der Waals surface area contributed by atoms with E-state index in [4.69, 9.17) is 9.47 Å². The lowest BCUT2D eigenvalue weighted by molar-refractivity contribution is -0.167. The first-order valence-corrected chi connectivity index (χ1v) is 15.5. The van der Waals surface area contributed by atoms with Crippen LogP contribution in [0.5, 0.6) is 0 Å². The standard InChI is InChI=1S/C36H39BrN2O2/c1-40-27-35-26-38-23-11-12-24-39(35)33(34(35)28-19-21-32(37)22-20-28)25-41-36(29-13-5-2-6-14-29,30-15-7-3-8-16-30)31-17-9-4-10-18-31/h2-10,13-22,33-34,38H,11-12,23-27H2,1H3/t33-,34+,35-/m1/s1. The van der Waals surface area contributed by atoms with E-state index in [2.05, 4.69) is 141 Å². The normalized spacial score (nSPS) is 23.2. The lowest BCUT2D eigenvalue weighted by Crippen LogP contribution is -2.78. The smallest absolute Gasteiger partial charge is 0.143 e. The van der Waals surface area contributed by atoms with Gasteiger partial charge in [0.15, 0.2) is 0 Å². The lowest BCUT2D eigenvalue weighted by atomic mass is 9.64. The molecule has 5 heteroatoms. The highest BCUT2D eigenvalue weighted by atomic mass is 79.9. The number of methoxy groups -OCH3 is 1. The van der Waals surface area contributed by atoms with Crippen LogP contribution in [0.15, 0.2) is 120 Å². The van der Waals surface area contributed by atoms with Crippen molar-refractivity contribution < 1.29 is 9.47 Å². The Kier molecular flexibility index (Phi) is 8.71. The quantitative estimate of drug-likeness (QED) is 0.207. The van der Waals surface area contributed by atoms with Crippen LogP contribution in [0.25, 0.3) is 0 Å². The van der Waals surface area contributed by atoms with Crippen LogP contribution in [-0.4, -0.2) is 56.4 Å². The van der Waals surface area contributed by atoms with E-state index in [1.54, 1.807) is 0 Å². The van der Waals surface area contributed by atoms with Gasteiger partial charge in [-0.2, -0.15) is 0 Å². The van der Waals surface area contributed by atoms with Crippen molar-refractivity contribution in [1.82, 2.24) is 10.2 Å². The van der Waals surface area contributed by atoms with Crippen LogP contribution in [0.4, 0.5) is 0 Å². The van der Waals surface area contributed by atoms with Gasteiger partial charge in [0.25, 0.3) is 0 Å². The van der Waals surface area contributed by atoms with E-state index in [9.17, 15) is 0 Å². The molecule has 2 aliphatic heterocycles. The van der Waals surface area contributed by atoms with Gasteiger partial charge in [-0.3, -0.25) is 4.90 Å². The molecule has 212 valence electrons. The Morgan fingerprint density at radius 1 is 0.805 bits per heavy atom. The molecule has 6 rings (SSSR count). The van der Waals surface area contributed by atoms with Gasteiger partial charge in [0.2, 0.25) is 0 Å². The molecular weight excluding hydrogens is 572 g/mol. The summed E-state index contributed by atoms with van der Waals surface area (Å²) in [4.78, 5) is 2.68. The summed E-state index contributed by atoms with van der Waals surface area (Å²) < 4.78 is 14.4. The third kappa shape index (κ3) is 5.31. The fourth-order valence-corrected chi connectivity index (χ4v) is 7.51. The number of benzene rings is 4. The van der Waals surface area contributed by atoms with Crippen molar-refractivity contribution in [2.24, 2.45) is 0 Å². The highest BCUT2D eigenvalue weighted by Gasteiger charge is 2.60. The molecule has 0 amide bonds. The van der Waals surface area contributed by atoms with Crippen molar-refractivity contribution in [3.63, 3.8) is 0 Å². The van der Waals surface area contributed by atoms with E-state index in [0.717, 1.165) is 47.2 Å². The first-order valence-electron chi connectivity index (χ1n) is 14.7. The largest absolute Gasteiger partial charge is 0.383 e. The van der Waals surface area contributed by atoms with E-state index in [1.807, 2.05) is 7.11 Å². The molecule has 3 atom stereocenters. The molecule has 2 aliphatic rings. The second-order valence-corrected chi connectivity index (χ2v) is 12.2. The van der Waals surface area contributed by atoms with Crippen LogP contribution < -0.4 is 5.32 Å². The summed E-state index contributed by atoms with van der Waals surface area (Å²) in [5.74, 6) is 0.265. The SMILES string of the molecule is COC[C@@]12CNCCCCN1[C@H](COC(c1ccccc1)(c1ccccc1)c1ccccc1)[C@@H]2c1ccc(Br)cc1. The number of nitrogens with one attached hydrogen (secondary N) is 1. The van der Waals surface area contributed by atoms with Gasteiger partial charge in [-0.15, -0.1) is 0 Å². The van der Waals surface area contributed by atoms with Crippen molar-refractivity contribution in [1.29, 1.82) is 0 Å². The van der Waals surface area contributed by atoms with Gasteiger partial charge < -0.3 is 14.8 Å². The summed E-state index contributed by atoms with van der Waals surface area (Å²) in [7, 11) is 1.83. The Morgan fingerprint density at radius 2 is 1.37 bits per heavy atom. The van der Waals surface area contributed by atoms with E-state index < -0.39 is 5.60 Å². The molecule has 41 heavy (non-hydrogen) atoms. The number of halogens is 1. The zero-order valence-electron chi connectivity index (χ0n) is 23.7. The summed E-state index contributed by atoms with van der Waals surface area (Å²) in [5.41, 5.74) is 3.88. The predicted octanol–water partition coefficient (Wildman–Crippen LogP) is 6.99. The molecular formula is C36H39BrN2O2. The van der Waals surface area contributed by atoms with Crippen LogP contribution in [0, 0.1) is 0 Å². The van der Waals surface area contributed by atoms with Gasteiger partial charge >= 0.3 is 0 Å². The Balaban J connectivity index is 1.45. The van der Waals surface area contributed by atoms with Crippen LogP contribution in [0.3, 0.4) is 0 Å². The van der Waals surface area contributed by atoms with Gasteiger partial charge in [0, 0.05) is 30.1 Å². The minimum atomic E-state index is -0.742. The molecule has 0 radical (unpaired) electrons. The molecule has 2 saturated heterocycles. The van der Waals surface area contributed by atoms with Gasteiger partial charge in [-0.1, -0.05) is 119 Å². The predicted molar refractivity (Wildman–Crippen MR) is 169 cm³/mol. The molecule has 0 spiro atoms. The molecule has 2 fully saturated rings. The van der Waals surface area contributed by atoms with Crippen molar-refractivity contribution in [3.8, 4) is 0 Å². The molecule has 0 saturated carbocycles. The summed E-state index contributed by atoms with van der Waals surface area (Å²) in [6.07, 6.45) is 2.33. The highest BCUT2D eigenvalue weighted by Crippen LogP contribution is 2.51. The Hall–Kier alpha value is -2.80. The number of fused-ring (bicyclic) bond motifs is 1. The van der Waals surface area contributed by atoms with Crippen molar-refractivity contribution in [3.05, 3.63) is 142 Å². The van der Waals surface area contributed by atoms with Gasteiger partial charge in [0.05, 0.1) is 18.8 Å². The van der Waals surface area contributed by atoms with Crippen LogP contribution in [0.2, 0.25) is 0 Å². The first kappa shape index (κ1) is 28.3. The Morgan fingerprint density at radius 3 is 1.90 bits per heavy atom. The van der Waals surface area contributed by atoms with Crippen molar-refractivity contribution >= 4 is 15.9 Å². The van der Waals surface area contributed by atoms with E-state index in [1.165, 1.54) is 12.0 Å². The minimum absolute atomic E-state index is 0.119. The maximum Gasteiger partial charge on any atom is 0.143 e. The molecule has 0 aromatic heterocycles. The topological polar surface area (TPSA) is 33.7 Å². The lowest BCUT2D eigenvalue weighted by Gasteiger charge is -2.65. The average Bonchev–Trinajstić information content (AvgIpc) is 3.01. The fraction of sp³-hybridized carbons (Fsp3) is 0.333. The van der Waals surface area contributed by atoms with Gasteiger partial charge in [-0.25, -0.2) is 0 Å². The van der Waals surface area contributed by atoms with Gasteiger partial charge in [-0.05, 0) is 60.3 Å². The molecule has 1 N–H and O–H groups in total. The first-order chi connectivity index (χ1) is 20.2. The number of hydrogen-bond acceptors (Lipinski definition) is 4. The molecule has 2 heterocycles. The number of rotatable bonds is 9. The van der Waals surface area contributed by atoms with Crippen LogP contribution in [0.1, 0.15) is 41.0 Å². The van der Waals surface area contributed by atoms with Crippen molar-refractivity contribution in [2.45, 2.75) is 35.9 Å². The summed E-state index contributed by atoms with van der Waals surface area (Å²) in [6, 6.07) is 41.2. The van der Waals surface area contributed by atoms with E-state index in [0.29, 0.717) is 13.2 Å². The minimum Gasteiger partial charge on any atom is -0.383 e. The third-order valence-corrected chi connectivity index (χ3v) is 9.53. The summed E-state index contributed by atoms with van der Waals surface area (Å²) in [6.45, 7) is 4.26. The Bertz CT molecular complexity index is 1290. The fourth-order valence-electron chi connectivity index (χ4n) is 7.24. The highest BCUT2D eigenvalue weighted by molar-refractivity contribution is 9.10. The molecule has 0 aliphatic carbocycles. The number of nitrogens with zero attached hydrogens (tertiary/aromatic N) is 1. The average molecular weight is 612 g/mol. The second kappa shape index (κ2) is 12.6. The van der Waals surface area contributed by atoms with Crippen molar-refractivity contribution in [2.75, 3.05) is 40.0 Å². The van der Waals surface area contributed by atoms with E-state index >= 15 is 0 Å². The number of hydrogen-bond donors (Lipinski definition) is 1. The van der Waals surface area contributed by atoms with Gasteiger partial charge in [0.1, 0.15) is 5.60 Å². The molecule has 4 aromatic rings.